The first-order chi connectivity index (χ1) is 10.9. The van der Waals surface area contributed by atoms with Crippen LogP contribution in [0.3, 0.4) is 0 Å². The average Bonchev–Trinajstić information content (AvgIpc) is 2.87. The van der Waals surface area contributed by atoms with Gasteiger partial charge in [0.2, 0.25) is 21.7 Å². The van der Waals surface area contributed by atoms with Gasteiger partial charge in [-0.2, -0.15) is 0 Å². The van der Waals surface area contributed by atoms with Crippen molar-refractivity contribution in [3.05, 3.63) is 54.1 Å². The van der Waals surface area contributed by atoms with E-state index in [0.29, 0.717) is 5.69 Å². The largest absolute Gasteiger partial charge is 0.274 e. The molecule has 3 rings (SSSR count). The predicted octanol–water partition coefficient (Wildman–Crippen LogP) is 2.48. The normalized spacial score (nSPS) is 15.3. The molecule has 2 aromatic rings. The second-order valence-corrected chi connectivity index (χ2v) is 7.38. The van der Waals surface area contributed by atoms with Crippen LogP contribution in [0.1, 0.15) is 18.4 Å². The maximum atomic E-state index is 12.6. The summed E-state index contributed by atoms with van der Waals surface area (Å²) in [5.74, 6) is -0.520. The molecule has 0 aromatic heterocycles. The van der Waals surface area contributed by atoms with Crippen LogP contribution < -0.4 is 4.90 Å². The number of anilines is 1. The molecule has 0 spiro atoms. The fourth-order valence-corrected chi connectivity index (χ4v) is 3.75. The minimum Gasteiger partial charge on any atom is -0.274 e. The highest BCUT2D eigenvalue weighted by Gasteiger charge is 2.30. The summed E-state index contributed by atoms with van der Waals surface area (Å²) in [6, 6.07) is 12.4. The van der Waals surface area contributed by atoms with Crippen molar-refractivity contribution in [1.82, 2.24) is 0 Å². The van der Waals surface area contributed by atoms with Crippen LogP contribution in [0.25, 0.3) is 0 Å². The van der Waals surface area contributed by atoms with Crippen LogP contribution in [0.2, 0.25) is 0 Å². The Kier molecular flexibility index (Phi) is 3.77. The number of rotatable bonds is 3. The van der Waals surface area contributed by atoms with Gasteiger partial charge in [-0.15, -0.1) is 0 Å². The van der Waals surface area contributed by atoms with Gasteiger partial charge < -0.3 is 0 Å². The maximum absolute atomic E-state index is 12.6. The third kappa shape index (κ3) is 2.77. The van der Waals surface area contributed by atoms with Gasteiger partial charge in [-0.3, -0.25) is 14.5 Å². The number of benzene rings is 2. The summed E-state index contributed by atoms with van der Waals surface area (Å²) < 4.78 is 25.1. The second-order valence-electron chi connectivity index (χ2n) is 5.43. The van der Waals surface area contributed by atoms with Gasteiger partial charge in [0, 0.05) is 12.8 Å². The van der Waals surface area contributed by atoms with Gasteiger partial charge in [0.15, 0.2) is 0 Å². The summed E-state index contributed by atoms with van der Waals surface area (Å²) >= 11 is 0. The summed E-state index contributed by atoms with van der Waals surface area (Å²) in [5.41, 5.74) is 1.38. The molecule has 0 atom stereocenters. The molecular formula is C17H15NO4S. The molecule has 23 heavy (non-hydrogen) atoms. The first-order valence-electron chi connectivity index (χ1n) is 7.17. The molecule has 0 bridgehead atoms. The van der Waals surface area contributed by atoms with Gasteiger partial charge in [-0.05, 0) is 43.3 Å². The molecule has 1 fully saturated rings. The van der Waals surface area contributed by atoms with Crippen LogP contribution in [0.15, 0.2) is 58.3 Å². The highest BCUT2D eigenvalue weighted by Crippen LogP contribution is 2.26. The fourth-order valence-electron chi connectivity index (χ4n) is 2.49. The van der Waals surface area contributed by atoms with E-state index >= 15 is 0 Å². The Labute approximate surface area is 134 Å². The van der Waals surface area contributed by atoms with E-state index in [1.807, 2.05) is 6.92 Å². The lowest BCUT2D eigenvalue weighted by atomic mass is 10.2. The van der Waals surface area contributed by atoms with Crippen LogP contribution in [-0.2, 0) is 19.4 Å². The molecule has 2 amide bonds. The Hall–Kier alpha value is -2.47. The lowest BCUT2D eigenvalue weighted by molar-refractivity contribution is -0.121. The van der Waals surface area contributed by atoms with E-state index in [1.54, 1.807) is 24.3 Å². The zero-order chi connectivity index (χ0) is 16.6. The van der Waals surface area contributed by atoms with Gasteiger partial charge in [0.05, 0.1) is 15.5 Å². The summed E-state index contributed by atoms with van der Waals surface area (Å²) in [6.45, 7) is 1.88. The van der Waals surface area contributed by atoms with E-state index in [4.69, 9.17) is 0 Å². The molecule has 2 aromatic carbocycles. The molecule has 0 radical (unpaired) electrons. The first-order valence-corrected chi connectivity index (χ1v) is 8.65. The standard InChI is InChI=1S/C17H15NO4S/c1-12-2-6-14(7-3-12)23(21,22)15-8-4-13(5-9-15)18-16(19)10-11-17(18)20/h2-9H,10-11H2,1H3. The molecule has 1 saturated heterocycles. The van der Waals surface area contributed by atoms with Gasteiger partial charge in [0.1, 0.15) is 0 Å². The molecule has 0 unspecified atom stereocenters. The number of carbonyl (C=O) groups is 2. The molecule has 1 aliphatic rings. The smallest absolute Gasteiger partial charge is 0.234 e. The number of nitrogens with zero attached hydrogens (tertiary/aromatic N) is 1. The molecule has 0 saturated carbocycles. The van der Waals surface area contributed by atoms with Crippen molar-refractivity contribution >= 4 is 27.3 Å². The maximum Gasteiger partial charge on any atom is 0.234 e. The Balaban J connectivity index is 1.94. The van der Waals surface area contributed by atoms with Crippen LogP contribution in [0.4, 0.5) is 5.69 Å². The topological polar surface area (TPSA) is 71.5 Å². The van der Waals surface area contributed by atoms with Gasteiger partial charge in [-0.1, -0.05) is 17.7 Å². The van der Waals surface area contributed by atoms with Crippen LogP contribution in [-0.4, -0.2) is 20.2 Å². The zero-order valence-electron chi connectivity index (χ0n) is 12.5. The lowest BCUT2D eigenvalue weighted by Crippen LogP contribution is -2.28. The van der Waals surface area contributed by atoms with Crippen molar-refractivity contribution in [3.63, 3.8) is 0 Å². The Morgan fingerprint density at radius 2 is 1.22 bits per heavy atom. The number of hydrogen-bond acceptors (Lipinski definition) is 4. The SMILES string of the molecule is Cc1ccc(S(=O)(=O)c2ccc(N3C(=O)CCC3=O)cc2)cc1. The first kappa shape index (κ1) is 15.4. The van der Waals surface area contributed by atoms with Gasteiger partial charge >= 0.3 is 0 Å². The van der Waals surface area contributed by atoms with E-state index in [2.05, 4.69) is 0 Å². The Bertz CT molecular complexity index is 852. The van der Waals surface area contributed by atoms with Crippen LogP contribution in [0.5, 0.6) is 0 Å². The lowest BCUT2D eigenvalue weighted by Gasteiger charge is -2.14. The highest BCUT2D eigenvalue weighted by molar-refractivity contribution is 7.91. The van der Waals surface area contributed by atoms with E-state index in [1.165, 1.54) is 24.3 Å². The van der Waals surface area contributed by atoms with Crippen molar-refractivity contribution in [2.24, 2.45) is 0 Å². The van der Waals surface area contributed by atoms with E-state index in [0.717, 1.165) is 10.5 Å². The van der Waals surface area contributed by atoms with E-state index in [-0.39, 0.29) is 34.4 Å². The van der Waals surface area contributed by atoms with E-state index in [9.17, 15) is 18.0 Å². The van der Waals surface area contributed by atoms with Crippen LogP contribution in [0, 0.1) is 6.92 Å². The van der Waals surface area contributed by atoms with Crippen molar-refractivity contribution in [2.75, 3.05) is 4.90 Å². The number of hydrogen-bond donors (Lipinski definition) is 0. The summed E-state index contributed by atoms with van der Waals surface area (Å²) in [6.07, 6.45) is 0.393. The summed E-state index contributed by atoms with van der Waals surface area (Å²) in [7, 11) is -3.61. The Morgan fingerprint density at radius 1 is 0.783 bits per heavy atom. The predicted molar refractivity (Wildman–Crippen MR) is 84.8 cm³/mol. The number of imide groups is 1. The number of aryl methyl sites for hydroxylation is 1. The number of carbonyl (C=O) groups excluding carboxylic acids is 2. The highest BCUT2D eigenvalue weighted by atomic mass is 32.2. The van der Waals surface area contributed by atoms with Crippen molar-refractivity contribution in [3.8, 4) is 0 Å². The quantitative estimate of drug-likeness (QED) is 0.811. The van der Waals surface area contributed by atoms with Gasteiger partial charge in [0.25, 0.3) is 0 Å². The molecule has 6 heteroatoms. The van der Waals surface area contributed by atoms with Crippen LogP contribution >= 0.6 is 0 Å². The van der Waals surface area contributed by atoms with Crippen molar-refractivity contribution in [1.29, 1.82) is 0 Å². The van der Waals surface area contributed by atoms with Crippen molar-refractivity contribution < 1.29 is 18.0 Å². The molecule has 0 N–H and O–H groups in total. The molecule has 1 heterocycles. The number of sulfone groups is 1. The molecule has 5 nitrogen and oxygen atoms in total. The fraction of sp³-hybridized carbons (Fsp3) is 0.176. The monoisotopic (exact) mass is 329 g/mol. The summed E-state index contributed by atoms with van der Waals surface area (Å²) in [4.78, 5) is 24.9. The van der Waals surface area contributed by atoms with Gasteiger partial charge in [-0.25, -0.2) is 8.42 Å². The molecule has 1 aliphatic heterocycles. The minimum atomic E-state index is -3.61. The summed E-state index contributed by atoms with van der Waals surface area (Å²) in [5, 5.41) is 0. The molecular weight excluding hydrogens is 314 g/mol. The minimum absolute atomic E-state index is 0.129. The Morgan fingerprint density at radius 3 is 1.70 bits per heavy atom. The molecule has 118 valence electrons. The van der Waals surface area contributed by atoms with Crippen molar-refractivity contribution in [2.45, 2.75) is 29.6 Å². The molecule has 0 aliphatic carbocycles. The van der Waals surface area contributed by atoms with E-state index < -0.39 is 9.84 Å². The third-order valence-corrected chi connectivity index (χ3v) is 5.57. The average molecular weight is 329 g/mol. The third-order valence-electron chi connectivity index (χ3n) is 3.79. The zero-order valence-corrected chi connectivity index (χ0v) is 13.3. The number of amides is 2. The second kappa shape index (κ2) is 5.62.